The number of aliphatic carboxylic acids is 1. The summed E-state index contributed by atoms with van der Waals surface area (Å²) in [5, 5.41) is 19.0. The zero-order chi connectivity index (χ0) is 11.5. The van der Waals surface area contributed by atoms with Crippen LogP contribution in [0.4, 0.5) is 0 Å². The summed E-state index contributed by atoms with van der Waals surface area (Å²) in [4.78, 5) is 11.1. The zero-order valence-electron chi connectivity index (χ0n) is 8.71. The molecule has 0 bridgehead atoms. The number of rotatable bonds is 4. The standard InChI is InChI=1S/C12H13NO3/c14-8-6-11(12(15)16)13-7-5-9-3-1-2-4-10(9)13/h1-5,7,11,14H,6,8H2,(H,15,16). The van der Waals surface area contributed by atoms with Gasteiger partial charge in [-0.25, -0.2) is 4.79 Å². The Morgan fingerprint density at radius 2 is 2.06 bits per heavy atom. The molecule has 0 aliphatic carbocycles. The number of carboxylic acids is 1. The van der Waals surface area contributed by atoms with Crippen molar-refractivity contribution in [2.24, 2.45) is 0 Å². The topological polar surface area (TPSA) is 62.5 Å². The summed E-state index contributed by atoms with van der Waals surface area (Å²) in [6.45, 7) is -0.135. The van der Waals surface area contributed by atoms with Gasteiger partial charge in [0.1, 0.15) is 6.04 Å². The van der Waals surface area contributed by atoms with Crippen molar-refractivity contribution in [3.05, 3.63) is 36.5 Å². The highest BCUT2D eigenvalue weighted by atomic mass is 16.4. The van der Waals surface area contributed by atoms with Gasteiger partial charge in [-0.1, -0.05) is 18.2 Å². The van der Waals surface area contributed by atoms with Gasteiger partial charge in [0.2, 0.25) is 0 Å². The maximum absolute atomic E-state index is 11.1. The zero-order valence-corrected chi connectivity index (χ0v) is 8.71. The number of carbonyl (C=O) groups is 1. The molecule has 1 aromatic heterocycles. The number of fused-ring (bicyclic) bond motifs is 1. The van der Waals surface area contributed by atoms with Gasteiger partial charge >= 0.3 is 5.97 Å². The molecule has 84 valence electrons. The number of hydrogen-bond donors (Lipinski definition) is 2. The van der Waals surface area contributed by atoms with E-state index < -0.39 is 12.0 Å². The highest BCUT2D eigenvalue weighted by molar-refractivity contribution is 5.83. The second-order valence-corrected chi connectivity index (χ2v) is 3.65. The molecule has 0 radical (unpaired) electrons. The van der Waals surface area contributed by atoms with Crippen molar-refractivity contribution in [3.63, 3.8) is 0 Å². The maximum Gasteiger partial charge on any atom is 0.326 e. The second kappa shape index (κ2) is 4.37. The average Bonchev–Trinajstić information content (AvgIpc) is 2.69. The van der Waals surface area contributed by atoms with E-state index in [2.05, 4.69) is 0 Å². The predicted molar refractivity (Wildman–Crippen MR) is 60.3 cm³/mol. The van der Waals surface area contributed by atoms with Crippen LogP contribution in [-0.2, 0) is 4.79 Å². The Balaban J connectivity index is 2.48. The van der Waals surface area contributed by atoms with Crippen LogP contribution in [0.15, 0.2) is 36.5 Å². The van der Waals surface area contributed by atoms with Gasteiger partial charge in [0.25, 0.3) is 0 Å². The highest BCUT2D eigenvalue weighted by Gasteiger charge is 2.19. The van der Waals surface area contributed by atoms with Crippen LogP contribution >= 0.6 is 0 Å². The first-order valence-electron chi connectivity index (χ1n) is 5.13. The molecule has 16 heavy (non-hydrogen) atoms. The molecule has 0 aliphatic heterocycles. The number of benzene rings is 1. The third kappa shape index (κ3) is 1.79. The first-order chi connectivity index (χ1) is 7.74. The fourth-order valence-corrected chi connectivity index (χ4v) is 1.88. The van der Waals surface area contributed by atoms with Crippen LogP contribution in [0, 0.1) is 0 Å². The van der Waals surface area contributed by atoms with Gasteiger partial charge in [0, 0.05) is 24.7 Å². The minimum atomic E-state index is -0.921. The Labute approximate surface area is 92.7 Å². The van der Waals surface area contributed by atoms with Crippen molar-refractivity contribution in [3.8, 4) is 0 Å². The summed E-state index contributed by atoms with van der Waals surface area (Å²) in [6.07, 6.45) is 1.97. The van der Waals surface area contributed by atoms with E-state index in [0.29, 0.717) is 0 Å². The molecule has 2 aromatic rings. The van der Waals surface area contributed by atoms with Crippen LogP contribution in [0.2, 0.25) is 0 Å². The summed E-state index contributed by atoms with van der Waals surface area (Å²) in [6, 6.07) is 8.77. The minimum absolute atomic E-state index is 0.135. The number of aromatic nitrogens is 1. The van der Waals surface area contributed by atoms with Crippen LogP contribution in [0.1, 0.15) is 12.5 Å². The first-order valence-corrected chi connectivity index (χ1v) is 5.13. The second-order valence-electron chi connectivity index (χ2n) is 3.65. The van der Waals surface area contributed by atoms with Crippen molar-refractivity contribution in [2.75, 3.05) is 6.61 Å². The highest BCUT2D eigenvalue weighted by Crippen LogP contribution is 2.21. The minimum Gasteiger partial charge on any atom is -0.480 e. The molecule has 0 amide bonds. The van der Waals surface area contributed by atoms with Crippen LogP contribution in [0.3, 0.4) is 0 Å². The lowest BCUT2D eigenvalue weighted by molar-refractivity contribution is -0.141. The van der Waals surface area contributed by atoms with E-state index in [-0.39, 0.29) is 13.0 Å². The Hall–Kier alpha value is -1.81. The number of aliphatic hydroxyl groups excluding tert-OH is 1. The average molecular weight is 219 g/mol. The molecular formula is C12H13NO3. The van der Waals surface area contributed by atoms with Crippen LogP contribution < -0.4 is 0 Å². The van der Waals surface area contributed by atoms with E-state index in [1.165, 1.54) is 0 Å². The molecule has 2 N–H and O–H groups in total. The van der Waals surface area contributed by atoms with E-state index in [1.807, 2.05) is 30.3 Å². The van der Waals surface area contributed by atoms with Gasteiger partial charge in [-0.3, -0.25) is 0 Å². The van der Waals surface area contributed by atoms with Crippen molar-refractivity contribution >= 4 is 16.9 Å². The lowest BCUT2D eigenvalue weighted by atomic mass is 10.2. The Kier molecular flexibility index (Phi) is 2.92. The summed E-state index contributed by atoms with van der Waals surface area (Å²) < 4.78 is 1.69. The SMILES string of the molecule is O=C(O)C(CCO)n1ccc2ccccc21. The fraction of sp³-hybridized carbons (Fsp3) is 0.250. The number of aliphatic hydroxyl groups is 1. The lowest BCUT2D eigenvalue weighted by Gasteiger charge is -2.14. The third-order valence-electron chi connectivity index (χ3n) is 2.65. The quantitative estimate of drug-likeness (QED) is 0.821. The van der Waals surface area contributed by atoms with Crippen molar-refractivity contribution in [1.29, 1.82) is 0 Å². The van der Waals surface area contributed by atoms with Gasteiger partial charge in [-0.15, -0.1) is 0 Å². The molecule has 1 aromatic carbocycles. The lowest BCUT2D eigenvalue weighted by Crippen LogP contribution is -2.19. The maximum atomic E-state index is 11.1. The Bertz CT molecular complexity index is 504. The van der Waals surface area contributed by atoms with Crippen molar-refractivity contribution in [2.45, 2.75) is 12.5 Å². The molecule has 0 spiro atoms. The first kappa shape index (κ1) is 10.7. The smallest absolute Gasteiger partial charge is 0.326 e. The van der Waals surface area contributed by atoms with Gasteiger partial charge in [-0.2, -0.15) is 0 Å². The van der Waals surface area contributed by atoms with E-state index in [4.69, 9.17) is 10.2 Å². The Morgan fingerprint density at radius 3 is 2.75 bits per heavy atom. The summed E-state index contributed by atoms with van der Waals surface area (Å²) in [7, 11) is 0. The monoisotopic (exact) mass is 219 g/mol. The number of hydrogen-bond acceptors (Lipinski definition) is 2. The van der Waals surface area contributed by atoms with E-state index in [0.717, 1.165) is 10.9 Å². The molecule has 4 heteroatoms. The van der Waals surface area contributed by atoms with Crippen molar-refractivity contribution < 1.29 is 15.0 Å². The van der Waals surface area contributed by atoms with Gasteiger partial charge in [0.05, 0.1) is 0 Å². The molecule has 1 atom stereocenters. The fourth-order valence-electron chi connectivity index (χ4n) is 1.88. The summed E-state index contributed by atoms with van der Waals surface area (Å²) in [5.41, 5.74) is 0.878. The molecule has 4 nitrogen and oxygen atoms in total. The number of para-hydroxylation sites is 1. The van der Waals surface area contributed by atoms with E-state index in [1.54, 1.807) is 10.8 Å². The molecule has 0 fully saturated rings. The van der Waals surface area contributed by atoms with E-state index in [9.17, 15) is 4.79 Å². The van der Waals surface area contributed by atoms with Gasteiger partial charge in [-0.05, 0) is 17.5 Å². The summed E-state index contributed by atoms with van der Waals surface area (Å²) in [5.74, 6) is -0.921. The van der Waals surface area contributed by atoms with Crippen LogP contribution in [0.5, 0.6) is 0 Å². The summed E-state index contributed by atoms with van der Waals surface area (Å²) >= 11 is 0. The molecule has 1 heterocycles. The molecule has 0 saturated carbocycles. The van der Waals surface area contributed by atoms with E-state index >= 15 is 0 Å². The van der Waals surface area contributed by atoms with Crippen LogP contribution in [0.25, 0.3) is 10.9 Å². The number of nitrogens with zero attached hydrogens (tertiary/aromatic N) is 1. The van der Waals surface area contributed by atoms with Crippen molar-refractivity contribution in [1.82, 2.24) is 4.57 Å². The molecule has 0 aliphatic rings. The normalized spacial score (nSPS) is 12.8. The number of carboxylic acid groups (broad SMARTS) is 1. The Morgan fingerprint density at radius 1 is 1.31 bits per heavy atom. The predicted octanol–water partition coefficient (Wildman–Crippen LogP) is 1.65. The molecule has 1 unspecified atom stereocenters. The third-order valence-corrected chi connectivity index (χ3v) is 2.65. The largest absolute Gasteiger partial charge is 0.480 e. The molecular weight excluding hydrogens is 206 g/mol. The van der Waals surface area contributed by atoms with Gasteiger partial charge < -0.3 is 14.8 Å². The van der Waals surface area contributed by atoms with Crippen LogP contribution in [-0.4, -0.2) is 27.4 Å². The molecule has 2 rings (SSSR count). The molecule has 0 saturated heterocycles. The van der Waals surface area contributed by atoms with Gasteiger partial charge in [0.15, 0.2) is 0 Å².